The van der Waals surface area contributed by atoms with E-state index in [1.165, 1.54) is 5.56 Å². The first-order valence-electron chi connectivity index (χ1n) is 12.9. The van der Waals surface area contributed by atoms with Crippen molar-refractivity contribution in [3.05, 3.63) is 84.2 Å². The number of anilines is 2. The molecule has 3 aromatic rings. The maximum atomic E-state index is 13.0. The van der Waals surface area contributed by atoms with Gasteiger partial charge in [-0.3, -0.25) is 14.7 Å². The zero-order valence-corrected chi connectivity index (χ0v) is 20.6. The zero-order valence-electron chi connectivity index (χ0n) is 20.6. The summed E-state index contributed by atoms with van der Waals surface area (Å²) in [6.07, 6.45) is 7.05. The van der Waals surface area contributed by atoms with E-state index >= 15 is 0 Å². The van der Waals surface area contributed by atoms with E-state index in [2.05, 4.69) is 38.3 Å². The second-order valence-corrected chi connectivity index (χ2v) is 9.38. The van der Waals surface area contributed by atoms with Crippen molar-refractivity contribution in [3.63, 3.8) is 0 Å². The number of nitrogens with one attached hydrogen (secondary N) is 1. The lowest BCUT2D eigenvalue weighted by molar-refractivity contribution is 0.0679. The highest BCUT2D eigenvalue weighted by Crippen LogP contribution is 2.27. The van der Waals surface area contributed by atoms with Crippen LogP contribution in [0.5, 0.6) is 5.75 Å². The normalized spacial score (nSPS) is 18.2. The first-order chi connectivity index (χ1) is 17.7. The van der Waals surface area contributed by atoms with Gasteiger partial charge in [0, 0.05) is 57.3 Å². The van der Waals surface area contributed by atoms with Gasteiger partial charge in [0.05, 0.1) is 17.5 Å². The van der Waals surface area contributed by atoms with Gasteiger partial charge in [-0.1, -0.05) is 12.1 Å². The number of amides is 1. The molecule has 0 unspecified atom stereocenters. The van der Waals surface area contributed by atoms with Crippen molar-refractivity contribution in [2.75, 3.05) is 56.2 Å². The summed E-state index contributed by atoms with van der Waals surface area (Å²) in [5, 5.41) is 3.12. The lowest BCUT2D eigenvalue weighted by Crippen LogP contribution is -2.47. The number of para-hydroxylation sites is 2. The molecule has 2 aromatic carbocycles. The Hall–Kier alpha value is -3.42. The summed E-state index contributed by atoms with van der Waals surface area (Å²) in [7, 11) is 0. The molecule has 0 saturated carbocycles. The average molecular weight is 487 g/mol. The Morgan fingerprint density at radius 1 is 1.00 bits per heavy atom. The van der Waals surface area contributed by atoms with Crippen molar-refractivity contribution in [2.24, 2.45) is 0 Å². The van der Waals surface area contributed by atoms with Crippen LogP contribution in [0.4, 0.5) is 11.4 Å². The van der Waals surface area contributed by atoms with Gasteiger partial charge in [0.15, 0.2) is 0 Å². The van der Waals surface area contributed by atoms with Crippen molar-refractivity contribution >= 4 is 17.3 Å². The van der Waals surface area contributed by atoms with Crippen LogP contribution in [0.15, 0.2) is 73.1 Å². The fourth-order valence-electron chi connectivity index (χ4n) is 4.77. The molecule has 0 aliphatic carbocycles. The summed E-state index contributed by atoms with van der Waals surface area (Å²) in [5.41, 5.74) is 3.83. The zero-order chi connectivity index (χ0) is 24.6. The summed E-state index contributed by atoms with van der Waals surface area (Å²) in [5.74, 6) is 0.633. The van der Waals surface area contributed by atoms with Gasteiger partial charge in [0.1, 0.15) is 12.4 Å². The molecule has 3 heterocycles. The van der Waals surface area contributed by atoms with Gasteiger partial charge >= 0.3 is 0 Å². The number of rotatable bonds is 9. The third kappa shape index (κ3) is 6.42. The fraction of sp³-hybridized carbons (Fsp3) is 0.379. The van der Waals surface area contributed by atoms with Gasteiger partial charge in [-0.05, 0) is 73.4 Å². The first-order valence-corrected chi connectivity index (χ1v) is 12.9. The number of hydrogen-bond donors (Lipinski definition) is 1. The molecule has 2 aliphatic heterocycles. The molecule has 0 bridgehead atoms. The van der Waals surface area contributed by atoms with Gasteiger partial charge in [-0.25, -0.2) is 0 Å². The van der Waals surface area contributed by atoms with E-state index in [4.69, 9.17) is 9.47 Å². The molecule has 1 atom stereocenters. The predicted molar refractivity (Wildman–Crippen MR) is 142 cm³/mol. The van der Waals surface area contributed by atoms with Gasteiger partial charge in [0.25, 0.3) is 5.91 Å². The summed E-state index contributed by atoms with van der Waals surface area (Å²) >= 11 is 0. The van der Waals surface area contributed by atoms with Crippen LogP contribution in [0, 0.1) is 0 Å². The quantitative estimate of drug-likeness (QED) is 0.488. The minimum Gasteiger partial charge on any atom is -0.491 e. The van der Waals surface area contributed by atoms with Gasteiger partial charge in [-0.2, -0.15) is 0 Å². The van der Waals surface area contributed by atoms with Crippen molar-refractivity contribution < 1.29 is 14.3 Å². The highest BCUT2D eigenvalue weighted by atomic mass is 16.5. The summed E-state index contributed by atoms with van der Waals surface area (Å²) in [6, 6.07) is 19.5. The molecular weight excluding hydrogens is 452 g/mol. The molecule has 2 saturated heterocycles. The van der Waals surface area contributed by atoms with E-state index < -0.39 is 0 Å². The monoisotopic (exact) mass is 486 g/mol. The van der Waals surface area contributed by atoms with E-state index in [-0.39, 0.29) is 12.0 Å². The third-order valence-corrected chi connectivity index (χ3v) is 6.91. The third-order valence-electron chi connectivity index (χ3n) is 6.91. The molecule has 2 fully saturated rings. The average Bonchev–Trinajstić information content (AvgIpc) is 3.46. The second-order valence-electron chi connectivity index (χ2n) is 9.38. The molecule has 0 radical (unpaired) electrons. The molecule has 5 rings (SSSR count). The van der Waals surface area contributed by atoms with E-state index in [0.717, 1.165) is 75.7 Å². The molecule has 2 aliphatic rings. The Kier molecular flexibility index (Phi) is 8.10. The van der Waals surface area contributed by atoms with Gasteiger partial charge < -0.3 is 19.7 Å². The van der Waals surface area contributed by atoms with Crippen molar-refractivity contribution in [2.45, 2.75) is 25.4 Å². The largest absolute Gasteiger partial charge is 0.491 e. The van der Waals surface area contributed by atoms with Gasteiger partial charge in [0.2, 0.25) is 0 Å². The van der Waals surface area contributed by atoms with E-state index in [0.29, 0.717) is 12.2 Å². The molecule has 188 valence electrons. The number of hydrogen-bond acceptors (Lipinski definition) is 6. The number of nitrogens with zero attached hydrogens (tertiary/aromatic N) is 3. The predicted octanol–water partition coefficient (Wildman–Crippen LogP) is 4.26. The number of carbonyl (C=O) groups excluding carboxylic acids is 1. The molecule has 7 heteroatoms. The van der Waals surface area contributed by atoms with E-state index in [9.17, 15) is 4.79 Å². The highest BCUT2D eigenvalue weighted by Gasteiger charge is 2.20. The van der Waals surface area contributed by atoms with Crippen LogP contribution < -0.4 is 15.0 Å². The van der Waals surface area contributed by atoms with Crippen molar-refractivity contribution in [1.29, 1.82) is 0 Å². The smallest absolute Gasteiger partial charge is 0.255 e. The first kappa shape index (κ1) is 24.3. The van der Waals surface area contributed by atoms with Crippen LogP contribution in [0.25, 0.3) is 0 Å². The molecule has 1 amide bonds. The Balaban J connectivity index is 1.14. The van der Waals surface area contributed by atoms with E-state index in [1.807, 2.05) is 54.9 Å². The number of carbonyl (C=O) groups is 1. The van der Waals surface area contributed by atoms with Crippen LogP contribution in [-0.2, 0) is 11.2 Å². The Morgan fingerprint density at radius 3 is 2.53 bits per heavy atom. The summed E-state index contributed by atoms with van der Waals surface area (Å²) in [6.45, 7) is 6.28. The SMILES string of the molecule is O=C(Nc1ccccc1N1CCN(CCc2ccncc2)CC1)c1ccc(OC[C@H]2CCCO2)cc1. The van der Waals surface area contributed by atoms with Crippen LogP contribution >= 0.6 is 0 Å². The highest BCUT2D eigenvalue weighted by molar-refractivity contribution is 6.06. The maximum Gasteiger partial charge on any atom is 0.255 e. The van der Waals surface area contributed by atoms with Crippen LogP contribution in [0.2, 0.25) is 0 Å². The maximum absolute atomic E-state index is 13.0. The fourth-order valence-corrected chi connectivity index (χ4v) is 4.77. The number of aromatic nitrogens is 1. The van der Waals surface area contributed by atoms with Crippen LogP contribution in [0.1, 0.15) is 28.8 Å². The lowest BCUT2D eigenvalue weighted by Gasteiger charge is -2.37. The van der Waals surface area contributed by atoms with Crippen molar-refractivity contribution in [1.82, 2.24) is 9.88 Å². The van der Waals surface area contributed by atoms with Crippen LogP contribution in [0.3, 0.4) is 0 Å². The molecule has 1 aromatic heterocycles. The minimum absolute atomic E-state index is 0.121. The molecule has 0 spiro atoms. The van der Waals surface area contributed by atoms with Crippen LogP contribution in [-0.4, -0.2) is 67.8 Å². The lowest BCUT2D eigenvalue weighted by atomic mass is 10.1. The summed E-state index contributed by atoms with van der Waals surface area (Å²) in [4.78, 5) is 22.0. The number of ether oxygens (including phenoxy) is 2. The number of piperazine rings is 1. The minimum atomic E-state index is -0.121. The van der Waals surface area contributed by atoms with Crippen molar-refractivity contribution in [3.8, 4) is 5.75 Å². The number of benzene rings is 2. The standard InChI is InChI=1S/C29H34N4O3/c34-29(24-7-9-25(10-8-24)36-22-26-4-3-21-35-26)31-27-5-1-2-6-28(27)33-19-17-32(18-20-33)16-13-23-11-14-30-15-12-23/h1-2,5-12,14-15,26H,3-4,13,16-22H2,(H,31,34)/t26-/m1/s1. The second kappa shape index (κ2) is 12.0. The molecule has 36 heavy (non-hydrogen) atoms. The van der Waals surface area contributed by atoms with E-state index in [1.54, 1.807) is 0 Å². The topological polar surface area (TPSA) is 66.9 Å². The summed E-state index contributed by atoms with van der Waals surface area (Å²) < 4.78 is 11.4. The molecule has 7 nitrogen and oxygen atoms in total. The Bertz CT molecular complexity index is 1110. The number of pyridine rings is 1. The Labute approximate surface area is 213 Å². The molecular formula is C29H34N4O3. The molecule has 1 N–H and O–H groups in total. The van der Waals surface area contributed by atoms with Gasteiger partial charge in [-0.15, -0.1) is 0 Å². The Morgan fingerprint density at radius 2 is 1.78 bits per heavy atom.